The molecule has 0 unspecified atom stereocenters. The molecule has 1 fully saturated rings. The van der Waals surface area contributed by atoms with Crippen molar-refractivity contribution in [3.05, 3.63) is 69.8 Å². The molecule has 1 aliphatic heterocycles. The van der Waals surface area contributed by atoms with Crippen LogP contribution in [0, 0.1) is 10.1 Å². The highest BCUT2D eigenvalue weighted by molar-refractivity contribution is 7.88. The summed E-state index contributed by atoms with van der Waals surface area (Å²) in [6.45, 7) is 0.517. The van der Waals surface area contributed by atoms with Crippen LogP contribution in [0.3, 0.4) is 0 Å². The van der Waals surface area contributed by atoms with E-state index in [1.165, 1.54) is 16.4 Å². The zero-order valence-corrected chi connectivity index (χ0v) is 16.1. The minimum Gasteiger partial charge on any atom is -0.392 e. The second kappa shape index (κ2) is 8.68. The fraction of sp³-hybridized carbons (Fsp3) is 0.368. The average molecular weight is 405 g/mol. The van der Waals surface area contributed by atoms with Gasteiger partial charge in [0.15, 0.2) is 0 Å². The van der Waals surface area contributed by atoms with Gasteiger partial charge in [0.1, 0.15) is 5.69 Å². The van der Waals surface area contributed by atoms with Gasteiger partial charge in [0, 0.05) is 25.2 Å². The number of aliphatic hydroxyl groups excluding tert-OH is 1. The molecule has 28 heavy (non-hydrogen) atoms. The van der Waals surface area contributed by atoms with Gasteiger partial charge in [-0.2, -0.15) is 0 Å². The molecule has 0 amide bonds. The van der Waals surface area contributed by atoms with Gasteiger partial charge in [0.2, 0.25) is 10.0 Å². The third-order valence-corrected chi connectivity index (χ3v) is 6.69. The van der Waals surface area contributed by atoms with Gasteiger partial charge < -0.3 is 10.4 Å². The van der Waals surface area contributed by atoms with Gasteiger partial charge >= 0.3 is 0 Å². The summed E-state index contributed by atoms with van der Waals surface area (Å²) in [5.74, 6) is -0.0318. The number of piperidine rings is 1. The number of rotatable bonds is 7. The second-order valence-electron chi connectivity index (χ2n) is 6.83. The summed E-state index contributed by atoms with van der Waals surface area (Å²) >= 11 is 0. The molecule has 8 nitrogen and oxygen atoms in total. The number of nitro groups is 1. The number of hydrogen-bond donors (Lipinski definition) is 2. The van der Waals surface area contributed by atoms with Crippen LogP contribution in [-0.2, 0) is 22.4 Å². The first-order chi connectivity index (χ1) is 13.4. The summed E-state index contributed by atoms with van der Waals surface area (Å²) in [5.41, 5.74) is 1.62. The van der Waals surface area contributed by atoms with Crippen molar-refractivity contribution in [1.82, 2.24) is 4.31 Å². The van der Waals surface area contributed by atoms with Crippen molar-refractivity contribution in [2.24, 2.45) is 0 Å². The van der Waals surface area contributed by atoms with Crippen molar-refractivity contribution in [1.29, 1.82) is 0 Å². The number of nitro benzene ring substituents is 1. The lowest BCUT2D eigenvalue weighted by molar-refractivity contribution is -0.384. The molecular formula is C19H23N3O5S. The second-order valence-corrected chi connectivity index (χ2v) is 8.80. The molecule has 2 N–H and O–H groups in total. The fourth-order valence-corrected chi connectivity index (χ4v) is 4.89. The summed E-state index contributed by atoms with van der Waals surface area (Å²) in [4.78, 5) is 10.8. The van der Waals surface area contributed by atoms with Crippen LogP contribution in [0.4, 0.5) is 11.4 Å². The molecule has 0 aliphatic carbocycles. The maximum absolute atomic E-state index is 12.6. The molecule has 2 aromatic carbocycles. The number of aliphatic hydroxyl groups is 1. The first kappa shape index (κ1) is 20.2. The lowest BCUT2D eigenvalue weighted by Crippen LogP contribution is -2.42. The number of hydrogen-bond acceptors (Lipinski definition) is 6. The zero-order valence-electron chi connectivity index (χ0n) is 15.3. The van der Waals surface area contributed by atoms with Gasteiger partial charge in [-0.25, -0.2) is 12.7 Å². The summed E-state index contributed by atoms with van der Waals surface area (Å²) < 4.78 is 26.8. The fourth-order valence-electron chi connectivity index (χ4n) is 3.33. The summed E-state index contributed by atoms with van der Waals surface area (Å²) in [5, 5.41) is 23.7. The summed E-state index contributed by atoms with van der Waals surface area (Å²) in [7, 11) is -3.40. The lowest BCUT2D eigenvalue weighted by atomic mass is 10.1. The topological polar surface area (TPSA) is 113 Å². The maximum Gasteiger partial charge on any atom is 0.292 e. The largest absolute Gasteiger partial charge is 0.392 e. The van der Waals surface area contributed by atoms with E-state index >= 15 is 0 Å². The molecule has 150 valence electrons. The van der Waals surface area contributed by atoms with Gasteiger partial charge in [-0.15, -0.1) is 0 Å². The molecule has 0 spiro atoms. The Morgan fingerprint density at radius 1 is 1.11 bits per heavy atom. The molecule has 0 radical (unpaired) electrons. The first-order valence-electron chi connectivity index (χ1n) is 9.05. The van der Waals surface area contributed by atoms with Crippen LogP contribution < -0.4 is 5.32 Å². The SMILES string of the molecule is O=[N+]([O-])c1ccc(CO)cc1NC1CCN(S(=O)(=O)Cc2ccccc2)CC1. The molecule has 2 aromatic rings. The van der Waals surface area contributed by atoms with Crippen molar-refractivity contribution in [2.45, 2.75) is 31.2 Å². The Balaban J connectivity index is 1.64. The molecular weight excluding hydrogens is 382 g/mol. The molecule has 0 atom stereocenters. The van der Waals surface area contributed by atoms with E-state index in [1.54, 1.807) is 18.2 Å². The third kappa shape index (κ3) is 4.86. The maximum atomic E-state index is 12.6. The first-order valence-corrected chi connectivity index (χ1v) is 10.7. The van der Waals surface area contributed by atoms with Gasteiger partial charge in [-0.3, -0.25) is 10.1 Å². The van der Waals surface area contributed by atoms with Crippen LogP contribution in [0.2, 0.25) is 0 Å². The summed E-state index contributed by atoms with van der Waals surface area (Å²) in [6.07, 6.45) is 1.10. The molecule has 1 heterocycles. The molecule has 1 saturated heterocycles. The highest BCUT2D eigenvalue weighted by Gasteiger charge is 2.29. The Kier molecular flexibility index (Phi) is 6.28. The molecule has 3 rings (SSSR count). The standard InChI is InChI=1S/C19H23N3O5S/c23-13-16-6-7-19(22(24)25)18(12-16)20-17-8-10-21(11-9-17)28(26,27)14-15-4-2-1-3-5-15/h1-7,12,17,20,23H,8-11,13-14H2. The summed E-state index contributed by atoms with van der Waals surface area (Å²) in [6, 6.07) is 13.4. The third-order valence-electron chi connectivity index (χ3n) is 4.84. The monoisotopic (exact) mass is 405 g/mol. The Morgan fingerprint density at radius 2 is 1.79 bits per heavy atom. The Hall–Kier alpha value is -2.49. The molecule has 9 heteroatoms. The van der Waals surface area contributed by atoms with Crippen molar-refractivity contribution < 1.29 is 18.4 Å². The van der Waals surface area contributed by atoms with E-state index in [0.717, 1.165) is 5.56 Å². The molecule has 0 saturated carbocycles. The van der Waals surface area contributed by atoms with E-state index in [-0.39, 0.29) is 24.1 Å². The van der Waals surface area contributed by atoms with Gasteiger partial charge in [-0.05, 0) is 36.1 Å². The van der Waals surface area contributed by atoms with Crippen LogP contribution in [0.25, 0.3) is 0 Å². The van der Waals surface area contributed by atoms with Crippen molar-refractivity contribution in [3.8, 4) is 0 Å². The molecule has 0 bridgehead atoms. The number of sulfonamides is 1. The van der Waals surface area contributed by atoms with Gasteiger partial charge in [0.25, 0.3) is 5.69 Å². The Morgan fingerprint density at radius 3 is 2.39 bits per heavy atom. The van der Waals surface area contributed by atoms with Gasteiger partial charge in [-0.1, -0.05) is 30.3 Å². The molecule has 0 aromatic heterocycles. The van der Waals surface area contributed by atoms with Crippen molar-refractivity contribution in [2.75, 3.05) is 18.4 Å². The number of anilines is 1. The minimum atomic E-state index is -3.40. The quantitative estimate of drug-likeness (QED) is 0.541. The van der Waals surface area contributed by atoms with Crippen molar-refractivity contribution >= 4 is 21.4 Å². The predicted molar refractivity (Wildman–Crippen MR) is 106 cm³/mol. The average Bonchev–Trinajstić information content (AvgIpc) is 2.68. The van der Waals surface area contributed by atoms with Crippen LogP contribution >= 0.6 is 0 Å². The highest BCUT2D eigenvalue weighted by Crippen LogP contribution is 2.28. The van der Waals surface area contributed by atoms with E-state index in [2.05, 4.69) is 5.32 Å². The Labute approximate surface area is 164 Å². The normalized spacial score (nSPS) is 16.0. The van der Waals surface area contributed by atoms with E-state index < -0.39 is 14.9 Å². The molecule has 1 aliphatic rings. The van der Waals surface area contributed by atoms with Crippen LogP contribution in [0.15, 0.2) is 48.5 Å². The minimum absolute atomic E-state index is 0.0318. The van der Waals surface area contributed by atoms with Crippen molar-refractivity contribution in [3.63, 3.8) is 0 Å². The smallest absolute Gasteiger partial charge is 0.292 e. The van der Waals surface area contributed by atoms with Crippen LogP contribution in [0.1, 0.15) is 24.0 Å². The van der Waals surface area contributed by atoms with Gasteiger partial charge in [0.05, 0.1) is 17.3 Å². The lowest BCUT2D eigenvalue weighted by Gasteiger charge is -2.32. The van der Waals surface area contributed by atoms with Crippen LogP contribution in [-0.4, -0.2) is 41.9 Å². The highest BCUT2D eigenvalue weighted by atomic mass is 32.2. The Bertz CT molecular complexity index is 926. The van der Waals surface area contributed by atoms with E-state index in [0.29, 0.717) is 37.2 Å². The number of benzene rings is 2. The van der Waals surface area contributed by atoms with E-state index in [4.69, 9.17) is 0 Å². The zero-order chi connectivity index (χ0) is 20.1. The number of nitrogens with one attached hydrogen (secondary N) is 1. The number of nitrogens with zero attached hydrogens (tertiary/aromatic N) is 2. The van der Waals surface area contributed by atoms with E-state index in [9.17, 15) is 23.6 Å². The van der Waals surface area contributed by atoms with E-state index in [1.807, 2.05) is 18.2 Å². The predicted octanol–water partition coefficient (Wildman–Crippen LogP) is 2.49. The van der Waals surface area contributed by atoms with Crippen LogP contribution in [0.5, 0.6) is 0 Å².